The van der Waals surface area contributed by atoms with Crippen molar-refractivity contribution in [1.82, 2.24) is 9.97 Å². The molecule has 0 radical (unpaired) electrons. The number of methoxy groups -OCH3 is 1. The van der Waals surface area contributed by atoms with Crippen molar-refractivity contribution < 1.29 is 9.66 Å². The highest BCUT2D eigenvalue weighted by Crippen LogP contribution is 2.37. The third kappa shape index (κ3) is 3.60. The molecule has 0 saturated carbocycles. The van der Waals surface area contributed by atoms with Crippen molar-refractivity contribution in [3.8, 4) is 5.75 Å². The van der Waals surface area contributed by atoms with Crippen LogP contribution >= 0.6 is 43.5 Å². The Hall–Kier alpha value is -1.45. The van der Waals surface area contributed by atoms with Gasteiger partial charge in [-0.2, -0.15) is 4.98 Å². The van der Waals surface area contributed by atoms with Gasteiger partial charge in [0.25, 0.3) is 0 Å². The number of rotatable bonds is 4. The minimum atomic E-state index is -0.595. The summed E-state index contributed by atoms with van der Waals surface area (Å²) >= 11 is 12.4. The number of anilines is 2. The highest BCUT2D eigenvalue weighted by molar-refractivity contribution is 9.11. The highest BCUT2D eigenvalue weighted by atomic mass is 79.9. The Morgan fingerprint density at radius 2 is 2.10 bits per heavy atom. The first kappa shape index (κ1) is 15.9. The molecule has 1 aromatic heterocycles. The zero-order chi connectivity index (χ0) is 15.6. The van der Waals surface area contributed by atoms with Crippen molar-refractivity contribution in [2.24, 2.45) is 0 Å². The molecule has 2 rings (SSSR count). The van der Waals surface area contributed by atoms with Gasteiger partial charge < -0.3 is 10.1 Å². The SMILES string of the molecule is COc1cc(Nc2nc(Cl)ncc2[N+](=O)[O-])c(Br)cc1Br. The third-order valence-corrected chi connectivity index (χ3v) is 3.89. The Labute approximate surface area is 141 Å². The standard InChI is InChI=1S/C11H7Br2ClN4O3/c1-21-9-3-7(5(12)2-6(9)13)16-10-8(18(19)20)4-15-11(14)17-10/h2-4H,1H3,(H,15,16,17). The van der Waals surface area contributed by atoms with Crippen molar-refractivity contribution in [2.75, 3.05) is 12.4 Å². The molecule has 1 aromatic carbocycles. The molecule has 0 spiro atoms. The number of aromatic nitrogens is 2. The molecule has 0 aliphatic heterocycles. The summed E-state index contributed by atoms with van der Waals surface area (Å²) in [6.07, 6.45) is 1.04. The predicted octanol–water partition coefficient (Wildman–Crippen LogP) is 4.32. The van der Waals surface area contributed by atoms with E-state index in [1.54, 1.807) is 12.1 Å². The molecule has 1 heterocycles. The van der Waals surface area contributed by atoms with Crippen molar-refractivity contribution in [1.29, 1.82) is 0 Å². The second-order valence-corrected chi connectivity index (χ2v) is 5.77. The Morgan fingerprint density at radius 3 is 2.71 bits per heavy atom. The van der Waals surface area contributed by atoms with Crippen LogP contribution in [0.25, 0.3) is 0 Å². The summed E-state index contributed by atoms with van der Waals surface area (Å²) in [7, 11) is 1.52. The molecule has 0 amide bonds. The first-order chi connectivity index (χ1) is 9.92. The van der Waals surface area contributed by atoms with Crippen LogP contribution in [0.1, 0.15) is 0 Å². The van der Waals surface area contributed by atoms with Crippen LogP contribution in [0.5, 0.6) is 5.75 Å². The topological polar surface area (TPSA) is 90.2 Å². The molecule has 0 fully saturated rings. The van der Waals surface area contributed by atoms with E-state index in [1.807, 2.05) is 0 Å². The van der Waals surface area contributed by atoms with E-state index in [2.05, 4.69) is 47.1 Å². The van der Waals surface area contributed by atoms with E-state index >= 15 is 0 Å². The summed E-state index contributed by atoms with van der Waals surface area (Å²) in [6.45, 7) is 0. The van der Waals surface area contributed by atoms with E-state index in [1.165, 1.54) is 7.11 Å². The van der Waals surface area contributed by atoms with Gasteiger partial charge in [-0.3, -0.25) is 10.1 Å². The Bertz CT molecular complexity index is 714. The molecule has 110 valence electrons. The molecule has 10 heteroatoms. The van der Waals surface area contributed by atoms with Crippen LogP contribution in [0, 0.1) is 10.1 Å². The highest BCUT2D eigenvalue weighted by Gasteiger charge is 2.18. The van der Waals surface area contributed by atoms with Gasteiger partial charge in [0.2, 0.25) is 11.1 Å². The van der Waals surface area contributed by atoms with Crippen LogP contribution in [-0.4, -0.2) is 22.0 Å². The summed E-state index contributed by atoms with van der Waals surface area (Å²) in [5.74, 6) is 0.550. The number of benzene rings is 1. The molecule has 21 heavy (non-hydrogen) atoms. The van der Waals surface area contributed by atoms with Gasteiger partial charge in [-0.05, 0) is 49.5 Å². The lowest BCUT2D eigenvalue weighted by atomic mass is 10.3. The summed E-state index contributed by atoms with van der Waals surface area (Å²) in [5.41, 5.74) is 0.251. The van der Waals surface area contributed by atoms with Crippen molar-refractivity contribution >= 4 is 60.7 Å². The molecule has 0 bridgehead atoms. The minimum Gasteiger partial charge on any atom is -0.495 e. The van der Waals surface area contributed by atoms with Crippen molar-refractivity contribution in [2.45, 2.75) is 0 Å². The normalized spacial score (nSPS) is 10.3. The fourth-order valence-corrected chi connectivity index (χ4v) is 2.88. The van der Waals surface area contributed by atoms with Crippen molar-refractivity contribution in [3.05, 3.63) is 42.7 Å². The molecule has 2 aromatic rings. The number of ether oxygens (including phenoxy) is 1. The largest absolute Gasteiger partial charge is 0.495 e. The fraction of sp³-hybridized carbons (Fsp3) is 0.0909. The minimum absolute atomic E-state index is 0.00919. The lowest BCUT2D eigenvalue weighted by molar-refractivity contribution is -0.384. The molecule has 0 unspecified atom stereocenters. The summed E-state index contributed by atoms with van der Waals surface area (Å²) in [5, 5.41) is 13.7. The second-order valence-electron chi connectivity index (χ2n) is 3.72. The van der Waals surface area contributed by atoms with Crippen LogP contribution in [0.2, 0.25) is 5.28 Å². The van der Waals surface area contributed by atoms with Gasteiger partial charge in [-0.15, -0.1) is 0 Å². The van der Waals surface area contributed by atoms with Gasteiger partial charge in [-0.1, -0.05) is 0 Å². The third-order valence-electron chi connectivity index (χ3n) is 2.43. The Kier molecular flexibility index (Phi) is 4.96. The maximum Gasteiger partial charge on any atom is 0.329 e. The van der Waals surface area contributed by atoms with E-state index in [9.17, 15) is 10.1 Å². The second kappa shape index (κ2) is 6.54. The fourth-order valence-electron chi connectivity index (χ4n) is 1.49. The van der Waals surface area contributed by atoms with E-state index < -0.39 is 4.92 Å². The number of nitrogens with one attached hydrogen (secondary N) is 1. The van der Waals surface area contributed by atoms with Gasteiger partial charge in [0.15, 0.2) is 0 Å². The van der Waals surface area contributed by atoms with E-state index in [-0.39, 0.29) is 16.8 Å². The number of hydrogen-bond donors (Lipinski definition) is 1. The van der Waals surface area contributed by atoms with Crippen LogP contribution in [0.3, 0.4) is 0 Å². The van der Waals surface area contributed by atoms with Crippen LogP contribution in [0.15, 0.2) is 27.3 Å². The molecule has 0 aliphatic carbocycles. The van der Waals surface area contributed by atoms with Crippen molar-refractivity contribution in [3.63, 3.8) is 0 Å². The summed E-state index contributed by atoms with van der Waals surface area (Å²) in [4.78, 5) is 17.8. The zero-order valence-corrected chi connectivity index (χ0v) is 14.4. The van der Waals surface area contributed by atoms with Gasteiger partial charge in [0, 0.05) is 10.5 Å². The van der Waals surface area contributed by atoms with Gasteiger partial charge >= 0.3 is 5.69 Å². The molecule has 0 saturated heterocycles. The van der Waals surface area contributed by atoms with Gasteiger partial charge in [-0.25, -0.2) is 4.98 Å². The molecule has 0 atom stereocenters. The molecule has 1 N–H and O–H groups in total. The number of nitro groups is 1. The van der Waals surface area contributed by atoms with Gasteiger partial charge in [0.1, 0.15) is 11.9 Å². The Morgan fingerprint density at radius 1 is 1.38 bits per heavy atom. The molecular weight excluding hydrogens is 431 g/mol. The number of hydrogen-bond acceptors (Lipinski definition) is 6. The van der Waals surface area contributed by atoms with E-state index in [0.29, 0.717) is 15.9 Å². The monoisotopic (exact) mass is 436 g/mol. The van der Waals surface area contributed by atoms with Crippen LogP contribution < -0.4 is 10.1 Å². The lowest BCUT2D eigenvalue weighted by Gasteiger charge is -2.11. The maximum atomic E-state index is 11.0. The molecule has 7 nitrogen and oxygen atoms in total. The lowest BCUT2D eigenvalue weighted by Crippen LogP contribution is -2.02. The predicted molar refractivity (Wildman–Crippen MR) is 85.4 cm³/mol. The maximum absolute atomic E-state index is 11.0. The first-order valence-corrected chi connectivity index (χ1v) is 7.35. The van der Waals surface area contributed by atoms with E-state index in [4.69, 9.17) is 16.3 Å². The zero-order valence-electron chi connectivity index (χ0n) is 10.4. The molecular formula is C11H7Br2ClN4O3. The smallest absolute Gasteiger partial charge is 0.329 e. The van der Waals surface area contributed by atoms with E-state index in [0.717, 1.165) is 10.7 Å². The average molecular weight is 438 g/mol. The average Bonchev–Trinajstić information content (AvgIpc) is 2.41. The number of nitrogens with zero attached hydrogens (tertiary/aromatic N) is 3. The number of halogens is 3. The Balaban J connectivity index is 2.47. The van der Waals surface area contributed by atoms with Crippen LogP contribution in [0.4, 0.5) is 17.2 Å². The van der Waals surface area contributed by atoms with Crippen LogP contribution in [-0.2, 0) is 0 Å². The first-order valence-electron chi connectivity index (χ1n) is 5.39. The summed E-state index contributed by atoms with van der Waals surface area (Å²) in [6, 6.07) is 3.41. The quantitative estimate of drug-likeness (QED) is 0.435. The van der Waals surface area contributed by atoms with Gasteiger partial charge in [0.05, 0.1) is 22.2 Å². The summed E-state index contributed by atoms with van der Waals surface area (Å²) < 4.78 is 6.58. The molecule has 0 aliphatic rings.